The Morgan fingerprint density at radius 2 is 1.75 bits per heavy atom. The summed E-state index contributed by atoms with van der Waals surface area (Å²) in [5.74, 6) is 1.35. The average Bonchev–Trinajstić information content (AvgIpc) is 2.59. The van der Waals surface area contributed by atoms with Crippen molar-refractivity contribution in [2.75, 3.05) is 32.2 Å². The summed E-state index contributed by atoms with van der Waals surface area (Å²) in [7, 11) is 3.11. The molecule has 0 aromatic heterocycles. The van der Waals surface area contributed by atoms with Gasteiger partial charge in [0.05, 0.1) is 14.2 Å². The summed E-state index contributed by atoms with van der Waals surface area (Å²) < 4.78 is 10.3. The fraction of sp³-hybridized carbons (Fsp3) is 0.368. The molecule has 1 heterocycles. The summed E-state index contributed by atoms with van der Waals surface area (Å²) in [5, 5.41) is 19.9. The first-order chi connectivity index (χ1) is 11.6. The molecule has 2 aromatic rings. The van der Waals surface area contributed by atoms with Crippen LogP contribution >= 0.6 is 0 Å². The van der Waals surface area contributed by atoms with Crippen LogP contribution in [0.1, 0.15) is 17.5 Å². The highest BCUT2D eigenvalue weighted by atomic mass is 16.5. The highest BCUT2D eigenvalue weighted by Crippen LogP contribution is 2.37. The summed E-state index contributed by atoms with van der Waals surface area (Å²) >= 11 is 0. The van der Waals surface area contributed by atoms with E-state index in [0.717, 1.165) is 49.2 Å². The molecule has 0 bridgehead atoms. The molecule has 128 valence electrons. The van der Waals surface area contributed by atoms with Crippen LogP contribution in [0.5, 0.6) is 23.0 Å². The minimum atomic E-state index is 0.167. The number of hydrogen-bond acceptors (Lipinski definition) is 5. The molecule has 0 aliphatic carbocycles. The van der Waals surface area contributed by atoms with Gasteiger partial charge in [0, 0.05) is 24.8 Å². The highest BCUT2D eigenvalue weighted by Gasteiger charge is 2.19. The number of anilines is 1. The van der Waals surface area contributed by atoms with Gasteiger partial charge in [-0.15, -0.1) is 0 Å². The standard InChI is InChI=1S/C19H23NO4/c1-23-18-6-5-13(10-16(18)21)7-9-20-8-3-4-14-11-17(22)19(24-2)12-15(14)20/h5-6,10-12,21-22H,3-4,7-9H2,1-2H3. The Morgan fingerprint density at radius 1 is 1.00 bits per heavy atom. The van der Waals surface area contributed by atoms with Crippen molar-refractivity contribution in [1.29, 1.82) is 0 Å². The van der Waals surface area contributed by atoms with Crippen LogP contribution in [0.15, 0.2) is 30.3 Å². The number of phenolic OH excluding ortho intramolecular Hbond substituents is 2. The minimum absolute atomic E-state index is 0.167. The van der Waals surface area contributed by atoms with Crippen molar-refractivity contribution in [3.63, 3.8) is 0 Å². The number of methoxy groups -OCH3 is 2. The first-order valence-electron chi connectivity index (χ1n) is 8.13. The molecule has 5 heteroatoms. The van der Waals surface area contributed by atoms with Gasteiger partial charge in [-0.2, -0.15) is 0 Å². The second kappa shape index (κ2) is 6.91. The molecule has 2 N–H and O–H groups in total. The van der Waals surface area contributed by atoms with E-state index in [-0.39, 0.29) is 11.5 Å². The molecular weight excluding hydrogens is 306 g/mol. The minimum Gasteiger partial charge on any atom is -0.504 e. The van der Waals surface area contributed by atoms with Crippen LogP contribution in [-0.4, -0.2) is 37.5 Å². The lowest BCUT2D eigenvalue weighted by Gasteiger charge is -2.32. The number of benzene rings is 2. The molecule has 0 atom stereocenters. The Balaban J connectivity index is 1.76. The molecule has 24 heavy (non-hydrogen) atoms. The van der Waals surface area contributed by atoms with Crippen LogP contribution in [0.4, 0.5) is 5.69 Å². The Morgan fingerprint density at radius 3 is 2.46 bits per heavy atom. The summed E-state index contributed by atoms with van der Waals surface area (Å²) in [6.07, 6.45) is 2.85. The summed E-state index contributed by atoms with van der Waals surface area (Å²) in [4.78, 5) is 2.31. The quantitative estimate of drug-likeness (QED) is 0.882. The molecule has 0 unspecified atom stereocenters. The first-order valence-corrected chi connectivity index (χ1v) is 8.13. The van der Waals surface area contributed by atoms with Crippen molar-refractivity contribution in [3.05, 3.63) is 41.5 Å². The molecule has 0 fully saturated rings. The van der Waals surface area contributed by atoms with Crippen LogP contribution in [-0.2, 0) is 12.8 Å². The van der Waals surface area contributed by atoms with Crippen molar-refractivity contribution >= 4 is 5.69 Å². The lowest BCUT2D eigenvalue weighted by Crippen LogP contribution is -2.31. The molecule has 0 saturated carbocycles. The molecule has 0 saturated heterocycles. The number of aromatic hydroxyl groups is 2. The van der Waals surface area contributed by atoms with Crippen molar-refractivity contribution in [2.45, 2.75) is 19.3 Å². The van der Waals surface area contributed by atoms with Gasteiger partial charge in [0.15, 0.2) is 23.0 Å². The number of nitrogens with zero attached hydrogens (tertiary/aromatic N) is 1. The van der Waals surface area contributed by atoms with E-state index in [1.165, 1.54) is 0 Å². The van der Waals surface area contributed by atoms with Crippen molar-refractivity contribution in [1.82, 2.24) is 0 Å². The molecule has 0 amide bonds. The van der Waals surface area contributed by atoms with E-state index >= 15 is 0 Å². The van der Waals surface area contributed by atoms with Gasteiger partial charge >= 0.3 is 0 Å². The van der Waals surface area contributed by atoms with Crippen LogP contribution in [0, 0.1) is 0 Å². The highest BCUT2D eigenvalue weighted by molar-refractivity contribution is 5.63. The van der Waals surface area contributed by atoms with E-state index in [0.29, 0.717) is 11.5 Å². The fourth-order valence-corrected chi connectivity index (χ4v) is 3.23. The molecule has 0 spiro atoms. The predicted molar refractivity (Wildman–Crippen MR) is 93.6 cm³/mol. The summed E-state index contributed by atoms with van der Waals surface area (Å²) in [6, 6.07) is 9.23. The van der Waals surface area contributed by atoms with E-state index in [9.17, 15) is 10.2 Å². The maximum atomic E-state index is 9.96. The maximum Gasteiger partial charge on any atom is 0.162 e. The van der Waals surface area contributed by atoms with Crippen molar-refractivity contribution in [3.8, 4) is 23.0 Å². The van der Waals surface area contributed by atoms with E-state index in [2.05, 4.69) is 4.90 Å². The van der Waals surface area contributed by atoms with Gasteiger partial charge in [-0.25, -0.2) is 0 Å². The van der Waals surface area contributed by atoms with E-state index in [4.69, 9.17) is 9.47 Å². The van der Waals surface area contributed by atoms with Gasteiger partial charge in [0.2, 0.25) is 0 Å². The number of hydrogen-bond donors (Lipinski definition) is 2. The van der Waals surface area contributed by atoms with Crippen LogP contribution in [0.2, 0.25) is 0 Å². The monoisotopic (exact) mass is 329 g/mol. The third kappa shape index (κ3) is 3.20. The molecule has 1 aliphatic rings. The first kappa shape index (κ1) is 16.3. The van der Waals surface area contributed by atoms with Gasteiger partial charge in [0.1, 0.15) is 0 Å². The van der Waals surface area contributed by atoms with E-state index in [1.807, 2.05) is 12.1 Å². The van der Waals surface area contributed by atoms with Gasteiger partial charge in [-0.3, -0.25) is 0 Å². The van der Waals surface area contributed by atoms with Gasteiger partial charge < -0.3 is 24.6 Å². The molecule has 2 aromatic carbocycles. The zero-order chi connectivity index (χ0) is 17.1. The second-order valence-electron chi connectivity index (χ2n) is 6.00. The van der Waals surface area contributed by atoms with E-state index < -0.39 is 0 Å². The zero-order valence-electron chi connectivity index (χ0n) is 14.1. The number of phenols is 2. The Kier molecular flexibility index (Phi) is 4.69. The molecular formula is C19H23NO4. The van der Waals surface area contributed by atoms with Crippen LogP contribution < -0.4 is 14.4 Å². The average molecular weight is 329 g/mol. The van der Waals surface area contributed by atoms with Gasteiger partial charge in [0.25, 0.3) is 0 Å². The summed E-state index contributed by atoms with van der Waals surface area (Å²) in [6.45, 7) is 1.82. The van der Waals surface area contributed by atoms with Crippen molar-refractivity contribution < 1.29 is 19.7 Å². The predicted octanol–water partition coefficient (Wildman–Crippen LogP) is 3.11. The number of ether oxygens (including phenoxy) is 2. The third-order valence-corrected chi connectivity index (χ3v) is 4.51. The Bertz CT molecular complexity index is 730. The number of fused-ring (bicyclic) bond motifs is 1. The topological polar surface area (TPSA) is 62.2 Å². The molecule has 5 nitrogen and oxygen atoms in total. The molecule has 1 aliphatic heterocycles. The number of aryl methyl sites for hydroxylation is 1. The lowest BCUT2D eigenvalue weighted by molar-refractivity contribution is 0.372. The lowest BCUT2D eigenvalue weighted by atomic mass is 10.00. The largest absolute Gasteiger partial charge is 0.504 e. The normalized spacial score (nSPS) is 13.5. The zero-order valence-corrected chi connectivity index (χ0v) is 14.1. The van der Waals surface area contributed by atoms with Crippen molar-refractivity contribution in [2.24, 2.45) is 0 Å². The Labute approximate surface area is 142 Å². The smallest absolute Gasteiger partial charge is 0.162 e. The summed E-state index contributed by atoms with van der Waals surface area (Å²) in [5.41, 5.74) is 3.33. The van der Waals surface area contributed by atoms with E-state index in [1.54, 1.807) is 32.4 Å². The molecule has 0 radical (unpaired) electrons. The van der Waals surface area contributed by atoms with Gasteiger partial charge in [-0.05, 0) is 48.6 Å². The number of rotatable bonds is 5. The third-order valence-electron chi connectivity index (χ3n) is 4.51. The SMILES string of the molecule is COc1ccc(CCN2CCCc3cc(O)c(OC)cc32)cc1O. The van der Waals surface area contributed by atoms with Crippen LogP contribution in [0.3, 0.4) is 0 Å². The Hall–Kier alpha value is -2.56. The fourth-order valence-electron chi connectivity index (χ4n) is 3.23. The molecule has 3 rings (SSSR count). The van der Waals surface area contributed by atoms with Gasteiger partial charge in [-0.1, -0.05) is 6.07 Å². The second-order valence-corrected chi connectivity index (χ2v) is 6.00. The maximum absolute atomic E-state index is 9.96. The van der Waals surface area contributed by atoms with Crippen LogP contribution in [0.25, 0.3) is 0 Å².